The highest BCUT2D eigenvalue weighted by molar-refractivity contribution is 5.80. The van der Waals surface area contributed by atoms with Crippen molar-refractivity contribution in [2.45, 2.75) is 31.7 Å². The highest BCUT2D eigenvalue weighted by Crippen LogP contribution is 2.23. The number of guanidine groups is 1. The van der Waals surface area contributed by atoms with E-state index in [2.05, 4.69) is 64.2 Å². The van der Waals surface area contributed by atoms with Crippen molar-refractivity contribution in [2.24, 2.45) is 4.99 Å². The van der Waals surface area contributed by atoms with Crippen molar-refractivity contribution < 1.29 is 4.79 Å². The van der Waals surface area contributed by atoms with Crippen LogP contribution in [0.3, 0.4) is 0 Å². The lowest BCUT2D eigenvalue weighted by molar-refractivity contribution is -0.129. The predicted molar refractivity (Wildman–Crippen MR) is 115 cm³/mol. The third kappa shape index (κ3) is 5.12. The van der Waals surface area contributed by atoms with Gasteiger partial charge >= 0.3 is 0 Å². The topological polar surface area (TPSA) is 56.7 Å². The van der Waals surface area contributed by atoms with Gasteiger partial charge in [0.2, 0.25) is 5.91 Å². The Bertz CT molecular complexity index is 736. The van der Waals surface area contributed by atoms with Gasteiger partial charge in [-0.3, -0.25) is 9.79 Å². The monoisotopic (exact) mass is 378 g/mol. The van der Waals surface area contributed by atoms with Crippen LogP contribution in [0.15, 0.2) is 65.7 Å². The Kier molecular flexibility index (Phi) is 7.06. The number of amides is 1. The fraction of sp³-hybridized carbons (Fsp3) is 0.391. The van der Waals surface area contributed by atoms with E-state index in [0.717, 1.165) is 32.0 Å². The molecule has 2 aromatic carbocycles. The normalized spacial score (nSPS) is 17.0. The number of nitrogens with zero attached hydrogens (tertiary/aromatic N) is 2. The van der Waals surface area contributed by atoms with Gasteiger partial charge in [0.25, 0.3) is 0 Å². The highest BCUT2D eigenvalue weighted by Gasteiger charge is 2.26. The second kappa shape index (κ2) is 9.93. The first-order chi connectivity index (χ1) is 13.7. The molecule has 148 valence electrons. The van der Waals surface area contributed by atoms with E-state index in [1.54, 1.807) is 7.05 Å². The van der Waals surface area contributed by atoms with Crippen molar-refractivity contribution in [2.75, 3.05) is 26.7 Å². The number of carbonyl (C=O) groups excluding carboxylic acids is 1. The molecule has 3 rings (SSSR count). The van der Waals surface area contributed by atoms with Gasteiger partial charge in [0, 0.05) is 45.1 Å². The van der Waals surface area contributed by atoms with E-state index in [1.807, 2.05) is 24.0 Å². The molecule has 0 aliphatic carbocycles. The zero-order valence-corrected chi connectivity index (χ0v) is 16.8. The predicted octanol–water partition coefficient (Wildman–Crippen LogP) is 2.99. The Morgan fingerprint density at radius 1 is 1.11 bits per heavy atom. The molecule has 0 bridgehead atoms. The molecule has 1 amide bonds. The van der Waals surface area contributed by atoms with Gasteiger partial charge in [0.05, 0.1) is 0 Å². The molecule has 5 heteroatoms. The maximum absolute atomic E-state index is 11.9. The molecule has 0 radical (unpaired) electrons. The summed E-state index contributed by atoms with van der Waals surface area (Å²) in [5, 5.41) is 6.96. The fourth-order valence-electron chi connectivity index (χ4n) is 3.71. The second-order valence-corrected chi connectivity index (χ2v) is 7.15. The van der Waals surface area contributed by atoms with Gasteiger partial charge in [0.1, 0.15) is 0 Å². The highest BCUT2D eigenvalue weighted by atomic mass is 16.2. The number of rotatable bonds is 6. The zero-order chi connectivity index (χ0) is 19.8. The average Bonchev–Trinajstić information content (AvgIpc) is 3.22. The van der Waals surface area contributed by atoms with Crippen LogP contribution in [-0.2, 0) is 4.79 Å². The average molecular weight is 379 g/mol. The van der Waals surface area contributed by atoms with Crippen LogP contribution in [-0.4, -0.2) is 49.5 Å². The molecule has 0 spiro atoms. The Hall–Kier alpha value is -2.82. The van der Waals surface area contributed by atoms with Gasteiger partial charge in [-0.1, -0.05) is 67.6 Å². The van der Waals surface area contributed by atoms with E-state index in [1.165, 1.54) is 11.1 Å². The van der Waals surface area contributed by atoms with Crippen molar-refractivity contribution in [3.05, 3.63) is 71.8 Å². The fourth-order valence-corrected chi connectivity index (χ4v) is 3.71. The molecule has 28 heavy (non-hydrogen) atoms. The molecule has 1 unspecified atom stereocenters. The van der Waals surface area contributed by atoms with Gasteiger partial charge in [0.15, 0.2) is 5.96 Å². The lowest BCUT2D eigenvalue weighted by Crippen LogP contribution is -2.46. The quantitative estimate of drug-likeness (QED) is 0.600. The van der Waals surface area contributed by atoms with Crippen LogP contribution in [0.4, 0.5) is 0 Å². The van der Waals surface area contributed by atoms with E-state index in [0.29, 0.717) is 6.42 Å². The summed E-state index contributed by atoms with van der Waals surface area (Å²) in [4.78, 5) is 18.2. The summed E-state index contributed by atoms with van der Waals surface area (Å²) in [6.07, 6.45) is 1.52. The van der Waals surface area contributed by atoms with Crippen LogP contribution in [0.2, 0.25) is 0 Å². The molecule has 2 aromatic rings. The summed E-state index contributed by atoms with van der Waals surface area (Å²) in [6, 6.07) is 21.3. The van der Waals surface area contributed by atoms with Crippen molar-refractivity contribution in [3.63, 3.8) is 0 Å². The van der Waals surface area contributed by atoms with Gasteiger partial charge in [-0.15, -0.1) is 0 Å². The standard InChI is InChI=1S/C23H30N4O/c1-3-22(28)27-15-14-20(17-27)26-23(24-2)25-16-21(18-10-6-4-7-11-18)19-12-8-5-9-13-19/h4-13,20-21H,3,14-17H2,1-2H3,(H2,24,25,26). The maximum Gasteiger partial charge on any atom is 0.222 e. The summed E-state index contributed by atoms with van der Waals surface area (Å²) < 4.78 is 0. The summed E-state index contributed by atoms with van der Waals surface area (Å²) >= 11 is 0. The first-order valence-corrected chi connectivity index (χ1v) is 10.1. The van der Waals surface area contributed by atoms with Crippen LogP contribution >= 0.6 is 0 Å². The summed E-state index contributed by atoms with van der Waals surface area (Å²) in [7, 11) is 1.79. The number of carbonyl (C=O) groups is 1. The third-order valence-electron chi connectivity index (χ3n) is 5.29. The molecule has 2 N–H and O–H groups in total. The van der Waals surface area contributed by atoms with Gasteiger partial charge in [-0.25, -0.2) is 0 Å². The minimum atomic E-state index is 0.223. The number of nitrogens with one attached hydrogen (secondary N) is 2. The van der Waals surface area contributed by atoms with Crippen LogP contribution in [0.5, 0.6) is 0 Å². The van der Waals surface area contributed by atoms with E-state index >= 15 is 0 Å². The van der Waals surface area contributed by atoms with Crippen LogP contribution < -0.4 is 10.6 Å². The minimum absolute atomic E-state index is 0.223. The zero-order valence-electron chi connectivity index (χ0n) is 16.8. The molecule has 1 aliphatic rings. The number of aliphatic imine (C=N–C) groups is 1. The molecule has 1 heterocycles. The van der Waals surface area contributed by atoms with Crippen molar-refractivity contribution in [3.8, 4) is 0 Å². The largest absolute Gasteiger partial charge is 0.355 e. The number of likely N-dealkylation sites (tertiary alicyclic amines) is 1. The summed E-state index contributed by atoms with van der Waals surface area (Å²) in [6.45, 7) is 4.22. The molecule has 5 nitrogen and oxygen atoms in total. The first kappa shape index (κ1) is 19.9. The second-order valence-electron chi connectivity index (χ2n) is 7.15. The number of hydrogen-bond acceptors (Lipinski definition) is 2. The molecule has 0 aromatic heterocycles. The Labute approximate surface area is 167 Å². The SMILES string of the molecule is CCC(=O)N1CCC(NC(=NC)NCC(c2ccccc2)c2ccccc2)C1. The van der Waals surface area contributed by atoms with Crippen molar-refractivity contribution in [1.29, 1.82) is 0 Å². The number of benzene rings is 2. The maximum atomic E-state index is 11.9. The lowest BCUT2D eigenvalue weighted by atomic mass is 9.91. The summed E-state index contributed by atoms with van der Waals surface area (Å²) in [5.74, 6) is 1.25. The van der Waals surface area contributed by atoms with Crippen molar-refractivity contribution in [1.82, 2.24) is 15.5 Å². The smallest absolute Gasteiger partial charge is 0.222 e. The Morgan fingerprint density at radius 2 is 1.71 bits per heavy atom. The molecule has 1 aliphatic heterocycles. The first-order valence-electron chi connectivity index (χ1n) is 10.1. The van der Waals surface area contributed by atoms with Gasteiger partial charge < -0.3 is 15.5 Å². The Balaban J connectivity index is 1.63. The van der Waals surface area contributed by atoms with Gasteiger partial charge in [-0.05, 0) is 17.5 Å². The number of hydrogen-bond donors (Lipinski definition) is 2. The third-order valence-corrected chi connectivity index (χ3v) is 5.29. The van der Waals surface area contributed by atoms with E-state index in [9.17, 15) is 4.79 Å². The lowest BCUT2D eigenvalue weighted by Gasteiger charge is -2.22. The van der Waals surface area contributed by atoms with E-state index in [-0.39, 0.29) is 17.9 Å². The van der Waals surface area contributed by atoms with Gasteiger partial charge in [-0.2, -0.15) is 0 Å². The minimum Gasteiger partial charge on any atom is -0.355 e. The summed E-state index contributed by atoms with van der Waals surface area (Å²) in [5.41, 5.74) is 2.55. The van der Waals surface area contributed by atoms with Crippen LogP contribution in [0, 0.1) is 0 Å². The van der Waals surface area contributed by atoms with Crippen LogP contribution in [0.25, 0.3) is 0 Å². The molecule has 1 saturated heterocycles. The van der Waals surface area contributed by atoms with E-state index < -0.39 is 0 Å². The van der Waals surface area contributed by atoms with Crippen LogP contribution in [0.1, 0.15) is 36.8 Å². The molecular weight excluding hydrogens is 348 g/mol. The van der Waals surface area contributed by atoms with E-state index in [4.69, 9.17) is 0 Å². The molecular formula is C23H30N4O. The Morgan fingerprint density at radius 3 is 2.25 bits per heavy atom. The molecule has 1 fully saturated rings. The molecule has 1 atom stereocenters. The van der Waals surface area contributed by atoms with Crippen molar-refractivity contribution >= 4 is 11.9 Å². The molecule has 0 saturated carbocycles.